The normalized spacial score (nSPS) is 12.0. The summed E-state index contributed by atoms with van der Waals surface area (Å²) >= 11 is 0. The van der Waals surface area contributed by atoms with Gasteiger partial charge in [-0.2, -0.15) is 12.7 Å². The minimum Gasteiger partial charge on any atom is -0.457 e. The van der Waals surface area contributed by atoms with Crippen LogP contribution in [0.2, 0.25) is 0 Å². The lowest BCUT2D eigenvalue weighted by atomic mass is 10.2. The first-order valence-corrected chi connectivity index (χ1v) is 7.72. The van der Waals surface area contributed by atoms with Crippen molar-refractivity contribution in [1.29, 1.82) is 0 Å². The predicted octanol–water partition coefficient (Wildman–Crippen LogP) is 5.51. The molecule has 0 aliphatic heterocycles. The second-order valence-electron chi connectivity index (χ2n) is 4.57. The van der Waals surface area contributed by atoms with Gasteiger partial charge in [-0.15, -0.1) is 0 Å². The summed E-state index contributed by atoms with van der Waals surface area (Å²) in [7, 11) is -2.41. The molecule has 0 fully saturated rings. The predicted molar refractivity (Wildman–Crippen MR) is 82.2 cm³/mol. The van der Waals surface area contributed by atoms with Crippen LogP contribution in [0.5, 0.6) is 11.5 Å². The van der Waals surface area contributed by atoms with Gasteiger partial charge in [-0.1, -0.05) is 29.8 Å². The summed E-state index contributed by atoms with van der Waals surface area (Å²) in [5.41, 5.74) is 1.96. The lowest BCUT2D eigenvalue weighted by molar-refractivity contribution is 0.482. The Hall–Kier alpha value is -1.75. The molecule has 0 heterocycles. The van der Waals surface area contributed by atoms with Crippen molar-refractivity contribution in [3.8, 4) is 11.5 Å². The summed E-state index contributed by atoms with van der Waals surface area (Å²) in [5, 5.41) is -2.13. The van der Waals surface area contributed by atoms with Gasteiger partial charge >= 0.3 is 5.37 Å². The second kappa shape index (κ2) is 7.31. The molecular formula is C16H15F3OS. The number of hydrogen-bond donors (Lipinski definition) is 0. The van der Waals surface area contributed by atoms with Crippen molar-refractivity contribution in [2.75, 3.05) is 5.75 Å². The average molecular weight is 312 g/mol. The molecule has 0 saturated carbocycles. The largest absolute Gasteiger partial charge is 0.457 e. The van der Waals surface area contributed by atoms with E-state index < -0.39 is 16.2 Å². The summed E-state index contributed by atoms with van der Waals surface area (Å²) in [5.74, 6) is 1.21. The van der Waals surface area contributed by atoms with Crippen LogP contribution in [-0.2, 0) is 6.42 Å². The number of rotatable bonds is 5. The second-order valence-corrected chi connectivity index (χ2v) is 5.95. The molecule has 1 unspecified atom stereocenters. The van der Waals surface area contributed by atoms with Gasteiger partial charge in [-0.05, 0) is 43.2 Å². The Bertz CT molecular complexity index is 617. The van der Waals surface area contributed by atoms with Crippen LogP contribution in [0.4, 0.5) is 12.7 Å². The lowest BCUT2D eigenvalue weighted by Crippen LogP contribution is -1.91. The highest BCUT2D eigenvalue weighted by Gasteiger charge is 2.04. The molecule has 0 radical (unpaired) electrons. The molecule has 0 aromatic heterocycles. The van der Waals surface area contributed by atoms with Crippen molar-refractivity contribution in [3.63, 3.8) is 0 Å². The monoisotopic (exact) mass is 312 g/mol. The smallest absolute Gasteiger partial charge is 0.323 e. The van der Waals surface area contributed by atoms with Gasteiger partial charge in [-0.25, -0.2) is 0 Å². The molecule has 0 aliphatic carbocycles. The number of benzene rings is 2. The van der Waals surface area contributed by atoms with Crippen molar-refractivity contribution in [2.45, 2.75) is 13.3 Å². The number of hydrogen-bond acceptors (Lipinski definition) is 1. The van der Waals surface area contributed by atoms with E-state index in [1.165, 1.54) is 0 Å². The fourth-order valence-corrected chi connectivity index (χ4v) is 2.32. The number of halogens is 3. The first-order valence-electron chi connectivity index (χ1n) is 6.43. The van der Waals surface area contributed by atoms with Gasteiger partial charge < -0.3 is 4.74 Å². The Morgan fingerprint density at radius 1 is 0.952 bits per heavy atom. The first-order chi connectivity index (χ1) is 10.0. The summed E-state index contributed by atoms with van der Waals surface area (Å²) < 4.78 is 42.5. The summed E-state index contributed by atoms with van der Waals surface area (Å²) in [6, 6.07) is 14.7. The molecule has 0 bridgehead atoms. The quantitative estimate of drug-likeness (QED) is 0.522. The molecule has 2 rings (SSSR count). The van der Waals surface area contributed by atoms with Gasteiger partial charge in [0.05, 0.1) is 10.9 Å². The highest BCUT2D eigenvalue weighted by Crippen LogP contribution is 2.24. The molecule has 0 aliphatic rings. The Labute approximate surface area is 124 Å². The maximum Gasteiger partial charge on any atom is 0.323 e. The van der Waals surface area contributed by atoms with Crippen LogP contribution in [-0.4, -0.2) is 11.1 Å². The van der Waals surface area contributed by atoms with Crippen LogP contribution in [0.1, 0.15) is 11.1 Å². The van der Waals surface area contributed by atoms with E-state index in [0.717, 1.165) is 16.9 Å². The van der Waals surface area contributed by atoms with Crippen LogP contribution in [0, 0.1) is 6.92 Å². The Morgan fingerprint density at radius 2 is 1.48 bits per heavy atom. The van der Waals surface area contributed by atoms with Gasteiger partial charge in [0, 0.05) is 5.75 Å². The number of aryl methyl sites for hydroxylation is 2. The molecule has 0 N–H and O–H groups in total. The van der Waals surface area contributed by atoms with E-state index in [2.05, 4.69) is 0 Å². The van der Waals surface area contributed by atoms with E-state index in [9.17, 15) is 12.7 Å². The Kier molecular flexibility index (Phi) is 5.44. The van der Waals surface area contributed by atoms with E-state index in [1.807, 2.05) is 31.2 Å². The third-order valence-corrected chi connectivity index (χ3v) is 3.81. The fraction of sp³-hybridized carbons (Fsp3) is 0.188. The minimum atomic E-state index is -2.41. The number of ether oxygens (including phenoxy) is 1. The van der Waals surface area contributed by atoms with Crippen molar-refractivity contribution >= 4 is 16.2 Å². The van der Waals surface area contributed by atoms with Gasteiger partial charge in [0.15, 0.2) is 0 Å². The molecule has 1 nitrogen and oxygen atoms in total. The van der Waals surface area contributed by atoms with E-state index in [4.69, 9.17) is 4.74 Å². The van der Waals surface area contributed by atoms with Crippen molar-refractivity contribution < 1.29 is 17.4 Å². The topological polar surface area (TPSA) is 9.23 Å². The maximum atomic E-state index is 12.8. The molecule has 112 valence electrons. The summed E-state index contributed by atoms with van der Waals surface area (Å²) in [6.07, 6.45) is 0.280. The Balaban J connectivity index is 1.96. The van der Waals surface area contributed by atoms with E-state index in [0.29, 0.717) is 5.75 Å². The SMILES string of the molecule is Cc1ccc(Oc2ccc(CCS(F)=C(F)F)cc2)cc1. The highest BCUT2D eigenvalue weighted by atomic mass is 32.2. The van der Waals surface area contributed by atoms with Crippen LogP contribution in [0.15, 0.2) is 48.5 Å². The van der Waals surface area contributed by atoms with Crippen LogP contribution in [0.3, 0.4) is 0 Å². The average Bonchev–Trinajstić information content (AvgIpc) is 2.48. The van der Waals surface area contributed by atoms with Gasteiger partial charge in [0.2, 0.25) is 0 Å². The zero-order valence-electron chi connectivity index (χ0n) is 11.5. The van der Waals surface area contributed by atoms with Crippen molar-refractivity contribution in [3.05, 3.63) is 59.7 Å². The molecular weight excluding hydrogens is 297 g/mol. The van der Waals surface area contributed by atoms with E-state index >= 15 is 0 Å². The van der Waals surface area contributed by atoms with E-state index in [-0.39, 0.29) is 12.2 Å². The van der Waals surface area contributed by atoms with E-state index in [1.54, 1.807) is 24.3 Å². The van der Waals surface area contributed by atoms with Crippen LogP contribution < -0.4 is 4.74 Å². The van der Waals surface area contributed by atoms with Gasteiger partial charge in [-0.3, -0.25) is 0 Å². The standard InChI is InChI=1S/C16H15F3OS/c1-12-2-6-14(7-3-12)20-15-8-4-13(5-9-15)10-11-21(19)16(17)18/h2-9H,10-11H2,1H3. The highest BCUT2D eigenvalue weighted by molar-refractivity contribution is 8.11. The van der Waals surface area contributed by atoms with Gasteiger partial charge in [0.25, 0.3) is 0 Å². The van der Waals surface area contributed by atoms with Crippen molar-refractivity contribution in [1.82, 2.24) is 0 Å². The van der Waals surface area contributed by atoms with Crippen LogP contribution >= 0.6 is 10.9 Å². The summed E-state index contributed by atoms with van der Waals surface area (Å²) in [6.45, 7) is 2.00. The van der Waals surface area contributed by atoms with Gasteiger partial charge in [0.1, 0.15) is 11.5 Å². The fourth-order valence-electron chi connectivity index (χ4n) is 1.75. The lowest BCUT2D eigenvalue weighted by Gasteiger charge is -2.07. The maximum absolute atomic E-state index is 12.8. The zero-order valence-corrected chi connectivity index (χ0v) is 12.3. The Morgan fingerprint density at radius 3 is 2.00 bits per heavy atom. The molecule has 2 aromatic carbocycles. The zero-order chi connectivity index (χ0) is 15.2. The molecule has 2 aromatic rings. The molecule has 5 heteroatoms. The van der Waals surface area contributed by atoms with Crippen molar-refractivity contribution in [2.24, 2.45) is 0 Å². The molecule has 1 atom stereocenters. The molecule has 21 heavy (non-hydrogen) atoms. The molecule has 0 spiro atoms. The third kappa shape index (κ3) is 4.93. The molecule has 0 saturated heterocycles. The summed E-state index contributed by atoms with van der Waals surface area (Å²) in [4.78, 5) is 0. The van der Waals surface area contributed by atoms with Crippen LogP contribution in [0.25, 0.3) is 0 Å². The minimum absolute atomic E-state index is 0.180. The first kappa shape index (κ1) is 15.6. The third-order valence-electron chi connectivity index (χ3n) is 2.92. The molecule has 0 amide bonds.